The van der Waals surface area contributed by atoms with Crippen molar-refractivity contribution in [3.8, 4) is 0 Å². The van der Waals surface area contributed by atoms with Gasteiger partial charge in [-0.2, -0.15) is 4.31 Å². The molecule has 0 amide bonds. The molecule has 4 nitrogen and oxygen atoms in total. The summed E-state index contributed by atoms with van der Waals surface area (Å²) in [5.74, 6) is -0.712. The van der Waals surface area contributed by atoms with Gasteiger partial charge in [-0.3, -0.25) is 0 Å². The van der Waals surface area contributed by atoms with Crippen molar-refractivity contribution in [3.05, 3.63) is 47.0 Å². The normalized spacial score (nSPS) is 12.6. The number of hydrogen-bond donors (Lipinski definition) is 1. The molecule has 0 unspecified atom stereocenters. The molecule has 0 fully saturated rings. The maximum Gasteiger partial charge on any atom is 0.263 e. The number of hydrogen-bond acceptors (Lipinski definition) is 3. The molecule has 0 heterocycles. The highest BCUT2D eigenvalue weighted by Gasteiger charge is 2.24. The predicted octanol–water partition coefficient (Wildman–Crippen LogP) is 3.95. The number of sulfonamides is 1. The first-order valence-corrected chi connectivity index (χ1v) is 9.69. The molecule has 0 bridgehead atoms. The minimum Gasteiger partial charge on any atom is -0.392 e. The van der Waals surface area contributed by atoms with Crippen molar-refractivity contribution in [3.63, 3.8) is 0 Å². The smallest absolute Gasteiger partial charge is 0.263 e. The van der Waals surface area contributed by atoms with Crippen molar-refractivity contribution in [1.82, 2.24) is 4.31 Å². The van der Waals surface area contributed by atoms with E-state index in [9.17, 15) is 26.0 Å². The Hall–Kier alpha value is -1.52. The Kier molecular flexibility index (Phi) is 8.65. The number of thiocarbonyl (C=S) groups is 1. The minimum absolute atomic E-state index is 0.0102. The van der Waals surface area contributed by atoms with Crippen LogP contribution in [0.4, 0.5) is 17.6 Å². The topological polar surface area (TPSA) is 63.4 Å². The number of benzene rings is 1. The third kappa shape index (κ3) is 7.00. The van der Waals surface area contributed by atoms with Gasteiger partial charge in [0, 0.05) is 17.7 Å². The van der Waals surface area contributed by atoms with Crippen molar-refractivity contribution in [2.45, 2.75) is 31.9 Å². The fraction of sp³-hybridized carbons (Fsp3) is 0.438. The molecule has 26 heavy (non-hydrogen) atoms. The number of alkyl halides is 4. The summed E-state index contributed by atoms with van der Waals surface area (Å²) >= 11 is 4.74. The van der Waals surface area contributed by atoms with Crippen molar-refractivity contribution < 1.29 is 26.0 Å². The van der Waals surface area contributed by atoms with Crippen LogP contribution in [0.5, 0.6) is 0 Å². The maximum atomic E-state index is 12.9. The molecule has 0 saturated carbocycles. The van der Waals surface area contributed by atoms with Gasteiger partial charge in [-0.15, -0.1) is 0 Å². The van der Waals surface area contributed by atoms with Gasteiger partial charge in [0.2, 0.25) is 10.0 Å². The van der Waals surface area contributed by atoms with Gasteiger partial charge in [-0.25, -0.2) is 26.0 Å². The number of allylic oxidation sites excluding steroid dienone is 1. The van der Waals surface area contributed by atoms with Gasteiger partial charge in [0.25, 0.3) is 12.9 Å². The van der Waals surface area contributed by atoms with E-state index in [0.29, 0.717) is 12.5 Å². The van der Waals surface area contributed by atoms with Crippen LogP contribution in [0.15, 0.2) is 30.4 Å². The van der Waals surface area contributed by atoms with Gasteiger partial charge in [0.1, 0.15) is 0 Å². The molecule has 0 aliphatic carbocycles. The lowest BCUT2D eigenvalue weighted by atomic mass is 10.1. The van der Waals surface area contributed by atoms with Gasteiger partial charge in [0.15, 0.2) is 0 Å². The van der Waals surface area contributed by atoms with Gasteiger partial charge in [0.05, 0.1) is 17.3 Å². The van der Waals surface area contributed by atoms with Crippen molar-refractivity contribution in [2.75, 3.05) is 13.1 Å². The van der Waals surface area contributed by atoms with E-state index in [1.165, 1.54) is 0 Å². The zero-order valence-corrected chi connectivity index (χ0v) is 15.7. The van der Waals surface area contributed by atoms with Crippen molar-refractivity contribution in [2.24, 2.45) is 5.73 Å². The largest absolute Gasteiger partial charge is 0.392 e. The second kappa shape index (κ2) is 9.98. The standard InChI is InChI=1S/C16H20F4N2O2S2/c1-2-3-4-5-22(9-14(21)25)26(23,24)10-11-6-12(15(17)18)8-13(7-11)16(19)20/h3-4,6-8,15-16H,2,5,9-10H2,1H3,(H2,21,25). The van der Waals surface area contributed by atoms with Crippen LogP contribution in [0.25, 0.3) is 0 Å². The van der Waals surface area contributed by atoms with Crippen LogP contribution in [-0.2, 0) is 15.8 Å². The summed E-state index contributed by atoms with van der Waals surface area (Å²) in [4.78, 5) is -0.0620. The summed E-state index contributed by atoms with van der Waals surface area (Å²) in [5.41, 5.74) is 3.96. The SMILES string of the molecule is CCC=CCN(CC(N)=S)S(=O)(=O)Cc1cc(C(F)F)cc(C(F)F)c1. The average molecular weight is 412 g/mol. The molecular weight excluding hydrogens is 392 g/mol. The van der Waals surface area contributed by atoms with Gasteiger partial charge >= 0.3 is 0 Å². The van der Waals surface area contributed by atoms with Crippen molar-refractivity contribution in [1.29, 1.82) is 0 Å². The molecule has 0 aliphatic heterocycles. The third-order valence-electron chi connectivity index (χ3n) is 3.33. The molecule has 1 rings (SSSR count). The lowest BCUT2D eigenvalue weighted by molar-refractivity contribution is 0.144. The van der Waals surface area contributed by atoms with E-state index < -0.39 is 39.8 Å². The van der Waals surface area contributed by atoms with Crippen LogP contribution in [0, 0.1) is 0 Å². The Labute approximate surface area is 155 Å². The van der Waals surface area contributed by atoms with Gasteiger partial charge in [-0.1, -0.05) is 31.3 Å². The number of nitrogens with two attached hydrogens (primary N) is 1. The van der Waals surface area contributed by atoms with Crippen molar-refractivity contribution >= 4 is 27.2 Å². The molecule has 1 aromatic carbocycles. The van der Waals surface area contributed by atoms with Gasteiger partial charge < -0.3 is 5.73 Å². The first-order chi connectivity index (χ1) is 12.1. The Morgan fingerprint density at radius 3 is 2.12 bits per heavy atom. The quantitative estimate of drug-likeness (QED) is 0.359. The highest BCUT2D eigenvalue weighted by atomic mass is 32.2. The molecule has 2 N–H and O–H groups in total. The molecule has 0 aromatic heterocycles. The molecule has 146 valence electrons. The summed E-state index contributed by atoms with van der Waals surface area (Å²) in [5, 5.41) is 0. The van der Waals surface area contributed by atoms with Gasteiger partial charge in [-0.05, 0) is 30.2 Å². The average Bonchev–Trinajstić information content (AvgIpc) is 2.52. The Morgan fingerprint density at radius 2 is 1.69 bits per heavy atom. The fourth-order valence-electron chi connectivity index (χ4n) is 2.19. The zero-order chi connectivity index (χ0) is 19.9. The third-order valence-corrected chi connectivity index (χ3v) is 5.22. The highest BCUT2D eigenvalue weighted by Crippen LogP contribution is 2.28. The number of nitrogens with zero attached hydrogens (tertiary/aromatic N) is 1. The number of rotatable bonds is 10. The lowest BCUT2D eigenvalue weighted by Crippen LogP contribution is -2.38. The molecule has 1 aromatic rings. The van der Waals surface area contributed by atoms with E-state index in [1.807, 2.05) is 6.92 Å². The van der Waals surface area contributed by atoms with E-state index in [2.05, 4.69) is 0 Å². The summed E-state index contributed by atoms with van der Waals surface area (Å²) < 4.78 is 77.8. The molecular formula is C16H20F4N2O2S2. The molecule has 0 saturated heterocycles. The first-order valence-electron chi connectivity index (χ1n) is 7.68. The minimum atomic E-state index is -4.01. The molecule has 0 atom stereocenters. The van der Waals surface area contributed by atoms with E-state index in [4.69, 9.17) is 18.0 Å². The monoisotopic (exact) mass is 412 g/mol. The summed E-state index contributed by atoms with van der Waals surface area (Å²) in [6.45, 7) is 1.62. The van der Waals surface area contributed by atoms with E-state index >= 15 is 0 Å². The Bertz CT molecular complexity index is 726. The molecule has 0 aliphatic rings. The van der Waals surface area contributed by atoms with Crippen LogP contribution in [0.3, 0.4) is 0 Å². The second-order valence-electron chi connectivity index (χ2n) is 5.50. The summed E-state index contributed by atoms with van der Waals surface area (Å²) in [6, 6.07) is 2.49. The predicted molar refractivity (Wildman–Crippen MR) is 96.8 cm³/mol. The highest BCUT2D eigenvalue weighted by molar-refractivity contribution is 7.88. The molecule has 0 spiro atoms. The van der Waals surface area contributed by atoms with Crippen LogP contribution in [0.2, 0.25) is 0 Å². The van der Waals surface area contributed by atoms with E-state index in [1.54, 1.807) is 12.2 Å². The molecule has 10 heteroatoms. The fourth-order valence-corrected chi connectivity index (χ4v) is 3.85. The van der Waals surface area contributed by atoms with E-state index in [0.717, 1.165) is 16.4 Å². The number of halogens is 4. The summed E-state index contributed by atoms with van der Waals surface area (Å²) in [6.07, 6.45) is -1.94. The first kappa shape index (κ1) is 22.5. The van der Waals surface area contributed by atoms with Crippen LogP contribution < -0.4 is 5.73 Å². The Morgan fingerprint density at radius 1 is 1.15 bits per heavy atom. The maximum absolute atomic E-state index is 12.9. The van der Waals surface area contributed by atoms with E-state index in [-0.39, 0.29) is 23.6 Å². The van der Waals surface area contributed by atoms with Crippen LogP contribution in [0.1, 0.15) is 42.9 Å². The zero-order valence-electron chi connectivity index (χ0n) is 14.0. The second-order valence-corrected chi connectivity index (χ2v) is 8.00. The van der Waals surface area contributed by atoms with Crippen LogP contribution in [-0.4, -0.2) is 30.8 Å². The molecule has 0 radical (unpaired) electrons. The summed E-state index contributed by atoms with van der Waals surface area (Å²) in [7, 11) is -4.01. The lowest BCUT2D eigenvalue weighted by Gasteiger charge is -2.20. The van der Waals surface area contributed by atoms with Crippen LogP contribution >= 0.6 is 12.2 Å². The Balaban J connectivity index is 3.18.